The van der Waals surface area contributed by atoms with Gasteiger partial charge in [-0.15, -0.1) is 10.2 Å². The number of benzene rings is 1. The molecule has 0 aliphatic carbocycles. The topological polar surface area (TPSA) is 62.2 Å². The van der Waals surface area contributed by atoms with Crippen molar-refractivity contribution in [3.63, 3.8) is 0 Å². The Kier molecular flexibility index (Phi) is 5.45. The molecule has 4 rings (SSSR count). The Morgan fingerprint density at radius 3 is 2.41 bits per heavy atom. The summed E-state index contributed by atoms with van der Waals surface area (Å²) in [4.78, 5) is 20.6. The van der Waals surface area contributed by atoms with Gasteiger partial charge in [-0.3, -0.25) is 4.79 Å². The minimum atomic E-state index is -0.0843. The second-order valence-electron chi connectivity index (χ2n) is 7.20. The number of halogens is 1. The number of rotatable bonds is 3. The molecular weight excluding hydrogens is 386 g/mol. The van der Waals surface area contributed by atoms with Gasteiger partial charge in [-0.05, 0) is 55.3 Å². The van der Waals surface area contributed by atoms with Crippen molar-refractivity contribution in [3.8, 4) is 11.3 Å². The zero-order valence-corrected chi connectivity index (χ0v) is 17.2. The van der Waals surface area contributed by atoms with Crippen molar-refractivity contribution >= 4 is 23.3 Å². The van der Waals surface area contributed by atoms with Crippen molar-refractivity contribution in [1.82, 2.24) is 20.1 Å². The molecule has 1 fully saturated rings. The van der Waals surface area contributed by atoms with Crippen LogP contribution in [0.25, 0.3) is 11.3 Å². The summed E-state index contributed by atoms with van der Waals surface area (Å²) in [6, 6.07) is 13.7. The SMILES string of the molecule is Cc1ccc(-c2ccc(N3CCN(C(=O)c4cccnc4Cl)CC3)nn2)cc1C. The normalized spacial score (nSPS) is 14.2. The Balaban J connectivity index is 1.41. The number of carbonyl (C=O) groups is 1. The summed E-state index contributed by atoms with van der Waals surface area (Å²) in [6.45, 7) is 6.79. The quantitative estimate of drug-likeness (QED) is 0.618. The third-order valence-corrected chi connectivity index (χ3v) is 5.63. The van der Waals surface area contributed by atoms with Gasteiger partial charge in [0.25, 0.3) is 5.91 Å². The van der Waals surface area contributed by atoms with Crippen molar-refractivity contribution in [2.45, 2.75) is 13.8 Å². The van der Waals surface area contributed by atoms with E-state index in [-0.39, 0.29) is 11.1 Å². The third-order valence-electron chi connectivity index (χ3n) is 5.33. The lowest BCUT2D eigenvalue weighted by Gasteiger charge is -2.35. The average Bonchev–Trinajstić information content (AvgIpc) is 2.76. The van der Waals surface area contributed by atoms with E-state index < -0.39 is 0 Å². The monoisotopic (exact) mass is 407 g/mol. The molecule has 0 unspecified atom stereocenters. The van der Waals surface area contributed by atoms with Crippen LogP contribution in [0, 0.1) is 13.8 Å². The fourth-order valence-electron chi connectivity index (χ4n) is 3.40. The first-order valence-corrected chi connectivity index (χ1v) is 9.97. The van der Waals surface area contributed by atoms with E-state index in [2.05, 4.69) is 52.1 Å². The standard InChI is InChI=1S/C22H22ClN5O/c1-15-5-6-17(14-16(15)2)19-7-8-20(26-25-19)27-10-12-28(13-11-27)22(29)18-4-3-9-24-21(18)23/h3-9,14H,10-13H2,1-2H3. The number of anilines is 1. The Bertz CT molecular complexity index is 1030. The Labute approximate surface area is 175 Å². The highest BCUT2D eigenvalue weighted by atomic mass is 35.5. The first kappa shape index (κ1) is 19.3. The second kappa shape index (κ2) is 8.17. The van der Waals surface area contributed by atoms with Gasteiger partial charge in [0.1, 0.15) is 5.15 Å². The van der Waals surface area contributed by atoms with E-state index in [0.717, 1.165) is 17.1 Å². The van der Waals surface area contributed by atoms with Crippen molar-refractivity contribution in [2.24, 2.45) is 0 Å². The molecule has 1 saturated heterocycles. The van der Waals surface area contributed by atoms with E-state index in [9.17, 15) is 4.79 Å². The molecule has 1 aliphatic rings. The number of hydrogen-bond donors (Lipinski definition) is 0. The maximum atomic E-state index is 12.7. The van der Waals surface area contributed by atoms with Gasteiger partial charge in [0, 0.05) is 37.9 Å². The molecule has 0 atom stereocenters. The van der Waals surface area contributed by atoms with Gasteiger partial charge in [0.05, 0.1) is 11.3 Å². The van der Waals surface area contributed by atoms with Crippen molar-refractivity contribution in [2.75, 3.05) is 31.1 Å². The number of pyridine rings is 1. The molecule has 0 radical (unpaired) electrons. The molecule has 7 heteroatoms. The van der Waals surface area contributed by atoms with Crippen LogP contribution in [-0.4, -0.2) is 52.2 Å². The smallest absolute Gasteiger partial charge is 0.257 e. The Morgan fingerprint density at radius 1 is 0.966 bits per heavy atom. The molecule has 1 aromatic carbocycles. The van der Waals surface area contributed by atoms with Gasteiger partial charge in [0.2, 0.25) is 0 Å². The molecule has 0 N–H and O–H groups in total. The molecule has 3 aromatic rings. The molecule has 0 bridgehead atoms. The number of amides is 1. The van der Waals surface area contributed by atoms with Crippen LogP contribution in [0.5, 0.6) is 0 Å². The largest absolute Gasteiger partial charge is 0.352 e. The maximum Gasteiger partial charge on any atom is 0.257 e. The number of nitrogens with zero attached hydrogens (tertiary/aromatic N) is 5. The number of carbonyl (C=O) groups excluding carboxylic acids is 1. The Hall–Kier alpha value is -2.99. The van der Waals surface area contributed by atoms with Crippen molar-refractivity contribution < 1.29 is 4.79 Å². The van der Waals surface area contributed by atoms with Gasteiger partial charge in [-0.1, -0.05) is 23.7 Å². The number of aryl methyl sites for hydroxylation is 2. The molecule has 0 spiro atoms. The van der Waals surface area contributed by atoms with Gasteiger partial charge in [-0.2, -0.15) is 0 Å². The molecule has 6 nitrogen and oxygen atoms in total. The van der Waals surface area contributed by atoms with Gasteiger partial charge < -0.3 is 9.80 Å². The minimum Gasteiger partial charge on any atom is -0.352 e. The second-order valence-corrected chi connectivity index (χ2v) is 7.55. The number of piperazine rings is 1. The van der Waals surface area contributed by atoms with Crippen molar-refractivity contribution in [1.29, 1.82) is 0 Å². The van der Waals surface area contributed by atoms with Gasteiger partial charge in [0.15, 0.2) is 5.82 Å². The highest BCUT2D eigenvalue weighted by Crippen LogP contribution is 2.22. The first-order chi connectivity index (χ1) is 14.0. The average molecular weight is 408 g/mol. The molecule has 148 valence electrons. The van der Waals surface area contributed by atoms with E-state index in [1.54, 1.807) is 23.2 Å². The third kappa shape index (κ3) is 4.07. The highest BCUT2D eigenvalue weighted by molar-refractivity contribution is 6.32. The Morgan fingerprint density at radius 2 is 1.76 bits per heavy atom. The van der Waals surface area contributed by atoms with Crippen LogP contribution in [-0.2, 0) is 0 Å². The van der Waals surface area contributed by atoms with E-state index in [0.29, 0.717) is 31.7 Å². The summed E-state index contributed by atoms with van der Waals surface area (Å²) in [7, 11) is 0. The first-order valence-electron chi connectivity index (χ1n) is 9.59. The lowest BCUT2D eigenvalue weighted by atomic mass is 10.0. The minimum absolute atomic E-state index is 0.0843. The molecule has 1 aliphatic heterocycles. The summed E-state index contributed by atoms with van der Waals surface area (Å²) in [5.74, 6) is 0.739. The van der Waals surface area contributed by atoms with Crippen LogP contribution in [0.4, 0.5) is 5.82 Å². The predicted molar refractivity (Wildman–Crippen MR) is 114 cm³/mol. The molecule has 0 saturated carbocycles. The van der Waals surface area contributed by atoms with Crippen LogP contribution >= 0.6 is 11.6 Å². The predicted octanol–water partition coefficient (Wildman–Crippen LogP) is 3.77. The summed E-state index contributed by atoms with van der Waals surface area (Å²) >= 11 is 6.06. The highest BCUT2D eigenvalue weighted by Gasteiger charge is 2.24. The van der Waals surface area contributed by atoms with Gasteiger partial charge in [-0.25, -0.2) is 4.98 Å². The van der Waals surface area contributed by atoms with E-state index in [1.165, 1.54) is 11.1 Å². The van der Waals surface area contributed by atoms with Crippen LogP contribution in [0.2, 0.25) is 5.15 Å². The van der Waals surface area contributed by atoms with E-state index in [1.807, 2.05) is 12.1 Å². The summed E-state index contributed by atoms with van der Waals surface area (Å²) in [5.41, 5.74) is 4.87. The van der Waals surface area contributed by atoms with Crippen LogP contribution < -0.4 is 4.90 Å². The van der Waals surface area contributed by atoms with E-state index >= 15 is 0 Å². The fourth-order valence-corrected chi connectivity index (χ4v) is 3.60. The van der Waals surface area contributed by atoms with Crippen LogP contribution in [0.15, 0.2) is 48.7 Å². The van der Waals surface area contributed by atoms with Gasteiger partial charge >= 0.3 is 0 Å². The summed E-state index contributed by atoms with van der Waals surface area (Å²) < 4.78 is 0. The maximum absolute atomic E-state index is 12.7. The zero-order valence-electron chi connectivity index (χ0n) is 16.5. The summed E-state index contributed by atoms with van der Waals surface area (Å²) in [5, 5.41) is 9.07. The zero-order chi connectivity index (χ0) is 20.4. The summed E-state index contributed by atoms with van der Waals surface area (Å²) in [6.07, 6.45) is 1.58. The molecule has 1 amide bonds. The van der Waals surface area contributed by atoms with Crippen LogP contribution in [0.1, 0.15) is 21.5 Å². The van der Waals surface area contributed by atoms with Crippen LogP contribution in [0.3, 0.4) is 0 Å². The lowest BCUT2D eigenvalue weighted by Crippen LogP contribution is -2.49. The van der Waals surface area contributed by atoms with Crippen molar-refractivity contribution in [3.05, 3.63) is 70.5 Å². The molecule has 2 aromatic heterocycles. The molecular formula is C22H22ClN5O. The molecule has 29 heavy (non-hydrogen) atoms. The molecule has 3 heterocycles. The number of aromatic nitrogens is 3. The number of hydrogen-bond acceptors (Lipinski definition) is 5. The lowest BCUT2D eigenvalue weighted by molar-refractivity contribution is 0.0746. The van der Waals surface area contributed by atoms with E-state index in [4.69, 9.17) is 11.6 Å². The fraction of sp³-hybridized carbons (Fsp3) is 0.273.